The lowest BCUT2D eigenvalue weighted by molar-refractivity contribution is 0.240. The molecule has 0 saturated carbocycles. The summed E-state index contributed by atoms with van der Waals surface area (Å²) in [6, 6.07) is 4.81. The third-order valence-corrected chi connectivity index (χ3v) is 19.2. The van der Waals surface area contributed by atoms with Crippen molar-refractivity contribution in [2.45, 2.75) is 144 Å². The summed E-state index contributed by atoms with van der Waals surface area (Å²) in [5.41, 5.74) is 4.96. The first kappa shape index (κ1) is 30.1. The lowest BCUT2D eigenvalue weighted by Crippen LogP contribution is -2.77. The summed E-state index contributed by atoms with van der Waals surface area (Å²) in [7, 11) is -1.95. The normalized spacial score (nSPS) is 20.3. The fourth-order valence-corrected chi connectivity index (χ4v) is 22.2. The molecule has 196 valence electrons. The fourth-order valence-electron chi connectivity index (χ4n) is 5.70. The molecule has 0 aromatic heterocycles. The first-order valence-electron chi connectivity index (χ1n) is 12.8. The summed E-state index contributed by atoms with van der Waals surface area (Å²) in [5, 5.41) is 0. The first-order valence-corrected chi connectivity index (χ1v) is 18.2. The van der Waals surface area contributed by atoms with E-state index in [1.807, 2.05) is 0 Å². The zero-order valence-corrected chi connectivity index (χ0v) is 28.0. The van der Waals surface area contributed by atoms with Gasteiger partial charge in [-0.05, 0) is 98.8 Å². The van der Waals surface area contributed by atoms with E-state index in [0.29, 0.717) is 0 Å². The van der Waals surface area contributed by atoms with Gasteiger partial charge in [0.2, 0.25) is 8.40 Å². The van der Waals surface area contributed by atoms with Crippen LogP contribution in [0.5, 0.6) is 0 Å². The summed E-state index contributed by atoms with van der Waals surface area (Å²) < 4.78 is 10.9. The Morgan fingerprint density at radius 2 is 0.971 bits per heavy atom. The molecule has 1 aliphatic heterocycles. The molecule has 1 saturated heterocycles. The van der Waals surface area contributed by atoms with Gasteiger partial charge in [-0.1, -0.05) is 74.4 Å². The van der Waals surface area contributed by atoms with Gasteiger partial charge in [-0.3, -0.25) is 0 Å². The van der Waals surface area contributed by atoms with Gasteiger partial charge in [0.1, 0.15) is 0 Å². The lowest BCUT2D eigenvalue weighted by Gasteiger charge is -2.70. The van der Waals surface area contributed by atoms with Crippen molar-refractivity contribution in [3.8, 4) is 0 Å². The predicted octanol–water partition coefficient (Wildman–Crippen LogP) is 10.3. The summed E-state index contributed by atoms with van der Waals surface area (Å²) in [4.78, 5) is 0. The van der Waals surface area contributed by atoms with Crippen LogP contribution in [-0.2, 0) is 16.2 Å². The number of hydrogen-bond donors (Lipinski definition) is 0. The molecule has 1 heterocycles. The van der Waals surface area contributed by atoms with Gasteiger partial charge >= 0.3 is 0 Å². The molecule has 0 atom stereocenters. The smallest absolute Gasteiger partial charge is 0.214 e. The third kappa shape index (κ3) is 5.42. The Hall–Kier alpha value is -0.123. The summed E-state index contributed by atoms with van der Waals surface area (Å²) in [6.07, 6.45) is 0. The van der Waals surface area contributed by atoms with Crippen molar-refractivity contribution >= 4 is 32.0 Å². The maximum Gasteiger partial charge on any atom is 0.214 e. The highest BCUT2D eigenvalue weighted by molar-refractivity contribution is 7.92. The van der Waals surface area contributed by atoms with Gasteiger partial charge < -0.3 is 0 Å². The largest absolute Gasteiger partial charge is 0.249 e. The van der Waals surface area contributed by atoms with Gasteiger partial charge in [0.15, 0.2) is 6.71 Å². The Bertz CT molecular complexity index is 930. The van der Waals surface area contributed by atoms with E-state index in [4.69, 9.17) is 16.0 Å². The summed E-state index contributed by atoms with van der Waals surface area (Å²) >= 11 is 7.83. The van der Waals surface area contributed by atoms with Gasteiger partial charge in [-0.15, -0.1) is 0 Å². The van der Waals surface area contributed by atoms with Crippen LogP contribution >= 0.6 is 17.9 Å². The number of benzene rings is 1. The van der Waals surface area contributed by atoms with Crippen molar-refractivity contribution in [3.63, 3.8) is 0 Å². The Labute approximate surface area is 218 Å². The Morgan fingerprint density at radius 1 is 0.647 bits per heavy atom. The minimum Gasteiger partial charge on any atom is -0.249 e. The summed E-state index contributed by atoms with van der Waals surface area (Å²) in [6.45, 7) is 36.9. The monoisotopic (exact) mass is 525 g/mol. The maximum absolute atomic E-state index is 7.83. The van der Waals surface area contributed by atoms with Crippen LogP contribution in [0.2, 0.25) is 13.1 Å². The number of hydrogen-bond acceptors (Lipinski definition) is 1. The van der Waals surface area contributed by atoms with Crippen molar-refractivity contribution in [1.82, 2.24) is 8.67 Å². The molecule has 0 amide bonds. The van der Waals surface area contributed by atoms with E-state index in [0.717, 1.165) is 5.69 Å². The van der Waals surface area contributed by atoms with Crippen LogP contribution in [-0.4, -0.2) is 28.1 Å². The van der Waals surface area contributed by atoms with Crippen molar-refractivity contribution in [1.29, 1.82) is 0 Å². The molecular formula is C28H53ClN3PSi. The predicted molar refractivity (Wildman–Crippen MR) is 158 cm³/mol. The third-order valence-electron chi connectivity index (χ3n) is 6.64. The quantitative estimate of drug-likeness (QED) is 0.268. The fraction of sp³-hybridized carbons (Fsp3) is 0.786. The molecule has 0 aliphatic carbocycles. The van der Waals surface area contributed by atoms with Crippen LogP contribution in [0.25, 0.3) is 0 Å². The highest BCUT2D eigenvalue weighted by atomic mass is 35.7. The number of halogens is 1. The number of rotatable bonds is 1. The van der Waals surface area contributed by atoms with Crippen molar-refractivity contribution in [3.05, 3.63) is 28.8 Å². The van der Waals surface area contributed by atoms with E-state index in [2.05, 4.69) is 138 Å². The molecular weight excluding hydrogens is 473 g/mol. The van der Waals surface area contributed by atoms with Crippen LogP contribution in [0, 0.1) is 0 Å². The average Bonchev–Trinajstić information content (AvgIpc) is 2.46. The molecule has 1 aliphatic rings. The maximum atomic E-state index is 7.83. The molecule has 0 bridgehead atoms. The molecule has 1 aromatic carbocycles. The second-order valence-corrected chi connectivity index (χ2v) is 23.7. The second kappa shape index (κ2) is 8.45. The van der Waals surface area contributed by atoms with Crippen LogP contribution in [0.15, 0.2) is 16.9 Å². The first-order chi connectivity index (χ1) is 14.7. The molecule has 3 nitrogen and oxygen atoms in total. The average molecular weight is 526 g/mol. The highest BCUT2D eigenvalue weighted by Crippen LogP contribution is 2.78. The molecule has 1 aromatic rings. The van der Waals surface area contributed by atoms with E-state index in [1.165, 1.54) is 16.7 Å². The van der Waals surface area contributed by atoms with E-state index in [9.17, 15) is 0 Å². The van der Waals surface area contributed by atoms with E-state index >= 15 is 0 Å². The highest BCUT2D eigenvalue weighted by Gasteiger charge is 2.66. The van der Waals surface area contributed by atoms with Gasteiger partial charge in [0.25, 0.3) is 0 Å². The zero-order valence-electron chi connectivity index (χ0n) is 25.3. The minimum absolute atomic E-state index is 0.0485. The second-order valence-electron chi connectivity index (χ2n) is 15.7. The molecule has 0 radical (unpaired) electrons. The van der Waals surface area contributed by atoms with Gasteiger partial charge in [0, 0.05) is 11.1 Å². The Morgan fingerprint density at radius 3 is 1.21 bits per heavy atom. The van der Waals surface area contributed by atoms with Crippen molar-refractivity contribution in [2.24, 2.45) is 4.74 Å². The van der Waals surface area contributed by atoms with Gasteiger partial charge in [0.05, 0.1) is 5.69 Å². The molecule has 6 heteroatoms. The minimum atomic E-state index is -2.47. The topological polar surface area (TPSA) is 18.8 Å². The van der Waals surface area contributed by atoms with E-state index in [-0.39, 0.29) is 27.3 Å². The Balaban J connectivity index is 3.11. The van der Waals surface area contributed by atoms with Crippen LogP contribution in [0.4, 0.5) is 5.69 Å². The molecule has 1 fully saturated rings. The lowest BCUT2D eigenvalue weighted by atomic mass is 9.74. The standard InChI is InChI=1S/C28H53ClN3PSi/c1-24(2,3)20-18-21(25(4,5)6)23(22(19-20)26(7,8)9)30-33(29)31(27(10,11)12)34(16,17)32(33)28(13,14)15/h18-19H,1-17H3. The van der Waals surface area contributed by atoms with Crippen LogP contribution in [0.3, 0.4) is 0 Å². The van der Waals surface area contributed by atoms with Crippen molar-refractivity contribution < 1.29 is 0 Å². The van der Waals surface area contributed by atoms with E-state index in [1.54, 1.807) is 0 Å². The van der Waals surface area contributed by atoms with Crippen LogP contribution < -0.4 is 0 Å². The van der Waals surface area contributed by atoms with Gasteiger partial charge in [-0.25, -0.2) is 13.4 Å². The zero-order chi connectivity index (χ0) is 27.1. The molecule has 0 N–H and O–H groups in total. The molecule has 2 rings (SSSR count). The SMILES string of the molecule is CC(C)(C)c1cc(C(C)(C)C)c(N=P2(Cl)N(C(C)(C)C)[Si](C)(C)N2C(C)(C)C)c(C(C)(C)C)c1. The van der Waals surface area contributed by atoms with E-state index < -0.39 is 15.1 Å². The molecule has 34 heavy (non-hydrogen) atoms. The molecule has 0 unspecified atom stereocenters. The molecule has 0 spiro atoms. The van der Waals surface area contributed by atoms with Gasteiger partial charge in [-0.2, -0.15) is 0 Å². The van der Waals surface area contributed by atoms with Crippen molar-refractivity contribution in [2.75, 3.05) is 0 Å². The Kier molecular flexibility index (Phi) is 7.48. The summed E-state index contributed by atoms with van der Waals surface area (Å²) in [5.74, 6) is 0. The number of nitrogens with zero attached hydrogens (tertiary/aromatic N) is 3. The van der Waals surface area contributed by atoms with Crippen LogP contribution in [0.1, 0.15) is 121 Å².